The van der Waals surface area contributed by atoms with Gasteiger partial charge in [-0.15, -0.1) is 0 Å². The second-order valence-corrected chi connectivity index (χ2v) is 7.74. The molecule has 0 unspecified atom stereocenters. The number of aromatic nitrogens is 1. The highest BCUT2D eigenvalue weighted by Gasteiger charge is 2.24. The molecule has 0 radical (unpaired) electrons. The maximum Gasteiger partial charge on any atom is 0.265 e. The quantitative estimate of drug-likeness (QED) is 0.687. The van der Waals surface area contributed by atoms with Crippen LogP contribution < -0.4 is 9.47 Å². The summed E-state index contributed by atoms with van der Waals surface area (Å²) in [6.07, 6.45) is 8.82. The maximum atomic E-state index is 6.12. The molecule has 2 aromatic rings. The van der Waals surface area contributed by atoms with Crippen molar-refractivity contribution in [3.8, 4) is 11.6 Å². The monoisotopic (exact) mass is 358 g/mol. The number of unbranched alkanes of at least 4 members (excludes halogenated alkanes) is 1. The Kier molecular flexibility index (Phi) is 5.63. The summed E-state index contributed by atoms with van der Waals surface area (Å²) >= 11 is 0. The Morgan fingerprint density at radius 3 is 2.77 bits per heavy atom. The van der Waals surface area contributed by atoms with Gasteiger partial charge >= 0.3 is 0 Å². The molecule has 1 aliphatic carbocycles. The van der Waals surface area contributed by atoms with E-state index < -0.39 is 0 Å². The second-order valence-electron chi connectivity index (χ2n) is 7.74. The van der Waals surface area contributed by atoms with Crippen molar-refractivity contribution in [2.45, 2.75) is 58.0 Å². The minimum absolute atomic E-state index is 0.329. The molecule has 1 saturated heterocycles. The second kappa shape index (κ2) is 8.30. The van der Waals surface area contributed by atoms with E-state index in [0.29, 0.717) is 24.5 Å². The van der Waals surface area contributed by atoms with Crippen molar-refractivity contribution >= 4 is 11.0 Å². The van der Waals surface area contributed by atoms with Crippen molar-refractivity contribution in [1.29, 1.82) is 0 Å². The zero-order valence-corrected chi connectivity index (χ0v) is 15.8. The molecule has 4 rings (SSSR count). The number of hydrogen-bond donors (Lipinski definition) is 0. The van der Waals surface area contributed by atoms with Crippen LogP contribution in [-0.4, -0.2) is 42.4 Å². The van der Waals surface area contributed by atoms with Crippen LogP contribution in [0.3, 0.4) is 0 Å². The fraction of sp³-hybridized carbons (Fsp3) is 0.667. The van der Waals surface area contributed by atoms with E-state index in [2.05, 4.69) is 17.0 Å². The lowest BCUT2D eigenvalue weighted by Gasteiger charge is -2.31. The molecule has 142 valence electrons. The lowest BCUT2D eigenvalue weighted by Crippen LogP contribution is -2.36. The number of likely N-dealkylation sites (tertiary alicyclic amines) is 1. The van der Waals surface area contributed by atoms with E-state index >= 15 is 0 Å². The van der Waals surface area contributed by atoms with Gasteiger partial charge in [-0.2, -0.15) is 0 Å². The van der Waals surface area contributed by atoms with Gasteiger partial charge in [0.15, 0.2) is 5.58 Å². The van der Waals surface area contributed by atoms with E-state index in [-0.39, 0.29) is 0 Å². The summed E-state index contributed by atoms with van der Waals surface area (Å²) in [4.78, 5) is 2.58. The van der Waals surface area contributed by atoms with Crippen LogP contribution in [0.25, 0.3) is 11.0 Å². The van der Waals surface area contributed by atoms with Crippen LogP contribution in [0.1, 0.15) is 51.9 Å². The lowest BCUT2D eigenvalue weighted by molar-refractivity contribution is 0.121. The number of nitrogens with zero attached hydrogens (tertiary/aromatic N) is 2. The van der Waals surface area contributed by atoms with Crippen LogP contribution in [0.4, 0.5) is 0 Å². The van der Waals surface area contributed by atoms with Crippen molar-refractivity contribution in [2.75, 3.05) is 26.2 Å². The standard InChI is InChI=1S/C21H30N2O3/c1-2-3-12-23-13-10-16(11-14-23)15-24-21-20-18(25-17-6-4-7-17)8-5-9-19(20)26-22-21/h5,8-9,16-17H,2-4,6-7,10-15H2,1H3. The van der Waals surface area contributed by atoms with Gasteiger partial charge in [0.2, 0.25) is 0 Å². The van der Waals surface area contributed by atoms with Gasteiger partial charge in [-0.25, -0.2) is 0 Å². The minimum Gasteiger partial charge on any atom is -0.489 e. The van der Waals surface area contributed by atoms with E-state index in [1.807, 2.05) is 18.2 Å². The lowest BCUT2D eigenvalue weighted by atomic mass is 9.96. The van der Waals surface area contributed by atoms with E-state index in [9.17, 15) is 0 Å². The maximum absolute atomic E-state index is 6.12. The summed E-state index contributed by atoms with van der Waals surface area (Å²) in [6, 6.07) is 5.88. The first kappa shape index (κ1) is 17.7. The van der Waals surface area contributed by atoms with Gasteiger partial charge in [0.1, 0.15) is 11.1 Å². The molecule has 1 saturated carbocycles. The van der Waals surface area contributed by atoms with Gasteiger partial charge in [0.25, 0.3) is 5.88 Å². The first-order valence-electron chi connectivity index (χ1n) is 10.2. The molecule has 26 heavy (non-hydrogen) atoms. The summed E-state index contributed by atoms with van der Waals surface area (Å²) < 4.78 is 17.7. The van der Waals surface area contributed by atoms with Crippen LogP contribution >= 0.6 is 0 Å². The summed E-state index contributed by atoms with van der Waals surface area (Å²) in [5, 5.41) is 5.05. The predicted molar refractivity (Wildman–Crippen MR) is 102 cm³/mol. The smallest absolute Gasteiger partial charge is 0.265 e. The van der Waals surface area contributed by atoms with E-state index in [1.54, 1.807) is 0 Å². The van der Waals surface area contributed by atoms with E-state index in [1.165, 1.54) is 51.7 Å². The molecular formula is C21H30N2O3. The van der Waals surface area contributed by atoms with Crippen molar-refractivity contribution in [2.24, 2.45) is 5.92 Å². The molecule has 2 aliphatic rings. The molecule has 0 bridgehead atoms. The summed E-state index contributed by atoms with van der Waals surface area (Å²) in [5.41, 5.74) is 0.742. The van der Waals surface area contributed by atoms with Crippen LogP contribution in [0, 0.1) is 5.92 Å². The third kappa shape index (κ3) is 3.98. The zero-order chi connectivity index (χ0) is 17.8. The zero-order valence-electron chi connectivity index (χ0n) is 15.8. The third-order valence-corrected chi connectivity index (χ3v) is 5.77. The first-order valence-corrected chi connectivity index (χ1v) is 10.2. The van der Waals surface area contributed by atoms with Crippen molar-refractivity contribution in [3.63, 3.8) is 0 Å². The third-order valence-electron chi connectivity index (χ3n) is 5.77. The fourth-order valence-electron chi connectivity index (χ4n) is 3.75. The molecule has 1 aromatic carbocycles. The SMILES string of the molecule is CCCCN1CCC(COc2noc3cccc(OC4CCC4)c23)CC1. The average molecular weight is 358 g/mol. The molecule has 2 fully saturated rings. The number of ether oxygens (including phenoxy) is 2. The highest BCUT2D eigenvalue weighted by molar-refractivity contribution is 5.88. The highest BCUT2D eigenvalue weighted by atomic mass is 16.5. The molecule has 0 N–H and O–H groups in total. The van der Waals surface area contributed by atoms with Crippen molar-refractivity contribution < 1.29 is 14.0 Å². The Bertz CT molecular complexity index is 702. The summed E-state index contributed by atoms with van der Waals surface area (Å²) in [5.74, 6) is 2.03. The van der Waals surface area contributed by atoms with Crippen molar-refractivity contribution in [3.05, 3.63) is 18.2 Å². The number of rotatable bonds is 8. The molecule has 0 spiro atoms. The Morgan fingerprint density at radius 2 is 2.04 bits per heavy atom. The molecule has 0 amide bonds. The van der Waals surface area contributed by atoms with Gasteiger partial charge < -0.3 is 18.9 Å². The van der Waals surface area contributed by atoms with Gasteiger partial charge in [-0.1, -0.05) is 19.4 Å². The topological polar surface area (TPSA) is 47.7 Å². The molecule has 2 heterocycles. The Morgan fingerprint density at radius 1 is 1.19 bits per heavy atom. The number of piperidine rings is 1. The molecule has 0 atom stereocenters. The Hall–Kier alpha value is -1.75. The predicted octanol–water partition coefficient (Wildman–Crippen LogP) is 4.65. The first-order chi connectivity index (χ1) is 12.8. The van der Waals surface area contributed by atoms with Gasteiger partial charge in [0.05, 0.1) is 12.7 Å². The fourth-order valence-corrected chi connectivity index (χ4v) is 3.75. The number of hydrogen-bond acceptors (Lipinski definition) is 5. The largest absolute Gasteiger partial charge is 0.489 e. The van der Waals surface area contributed by atoms with Gasteiger partial charge in [0, 0.05) is 0 Å². The molecular weight excluding hydrogens is 328 g/mol. The number of benzene rings is 1. The van der Waals surface area contributed by atoms with Gasteiger partial charge in [-0.3, -0.25) is 0 Å². The number of fused-ring (bicyclic) bond motifs is 1. The molecule has 1 aliphatic heterocycles. The molecule has 5 nitrogen and oxygen atoms in total. The Labute approximate surface area is 155 Å². The van der Waals surface area contributed by atoms with E-state index in [0.717, 1.165) is 29.6 Å². The summed E-state index contributed by atoms with van der Waals surface area (Å²) in [6.45, 7) is 6.57. The van der Waals surface area contributed by atoms with Crippen molar-refractivity contribution in [1.82, 2.24) is 10.1 Å². The van der Waals surface area contributed by atoms with Crippen LogP contribution in [0.2, 0.25) is 0 Å². The van der Waals surface area contributed by atoms with Crippen LogP contribution in [0.15, 0.2) is 22.7 Å². The average Bonchev–Trinajstić information content (AvgIpc) is 3.06. The van der Waals surface area contributed by atoms with Gasteiger partial charge in [-0.05, 0) is 81.4 Å². The van der Waals surface area contributed by atoms with E-state index in [4.69, 9.17) is 14.0 Å². The molecule has 1 aromatic heterocycles. The van der Waals surface area contributed by atoms with Crippen LogP contribution in [-0.2, 0) is 0 Å². The van der Waals surface area contributed by atoms with Crippen LogP contribution in [0.5, 0.6) is 11.6 Å². The highest BCUT2D eigenvalue weighted by Crippen LogP contribution is 2.36. The Balaban J connectivity index is 1.35. The normalized spacial score (nSPS) is 19.6. The molecule has 5 heteroatoms. The minimum atomic E-state index is 0.329. The summed E-state index contributed by atoms with van der Waals surface area (Å²) in [7, 11) is 0.